The van der Waals surface area contributed by atoms with Crippen LogP contribution in [-0.2, 0) is 4.79 Å². The fourth-order valence-corrected chi connectivity index (χ4v) is 5.09. The van der Waals surface area contributed by atoms with Crippen LogP contribution in [-0.4, -0.2) is 36.9 Å². The third kappa shape index (κ3) is 5.25. The van der Waals surface area contributed by atoms with E-state index >= 15 is 0 Å². The van der Waals surface area contributed by atoms with Crippen LogP contribution in [0.25, 0.3) is 5.69 Å². The van der Waals surface area contributed by atoms with Crippen molar-refractivity contribution in [3.05, 3.63) is 118 Å². The second-order valence-corrected chi connectivity index (χ2v) is 9.45. The third-order valence-electron chi connectivity index (χ3n) is 6.48. The normalized spacial score (nSPS) is 16.8. The van der Waals surface area contributed by atoms with Crippen molar-refractivity contribution in [1.29, 1.82) is 0 Å². The van der Waals surface area contributed by atoms with Crippen LogP contribution in [0, 0.1) is 17.0 Å². The van der Waals surface area contributed by atoms with Gasteiger partial charge in [-0.2, -0.15) is 0 Å². The van der Waals surface area contributed by atoms with Crippen molar-refractivity contribution in [2.45, 2.75) is 25.4 Å². The summed E-state index contributed by atoms with van der Waals surface area (Å²) in [6.07, 6.45) is 3.82. The maximum atomic E-state index is 12.8. The van der Waals surface area contributed by atoms with E-state index in [0.717, 1.165) is 22.6 Å². The molecule has 192 valence electrons. The summed E-state index contributed by atoms with van der Waals surface area (Å²) in [5.74, 6) is -0.118. The molecule has 2 atom stereocenters. The van der Waals surface area contributed by atoms with Crippen LogP contribution in [0.1, 0.15) is 35.5 Å². The van der Waals surface area contributed by atoms with Gasteiger partial charge in [0.05, 0.1) is 28.4 Å². The minimum atomic E-state index is -0.408. The molecule has 2 aromatic heterocycles. The molecule has 9 nitrogen and oxygen atoms in total. The maximum absolute atomic E-state index is 12.8. The average Bonchev–Trinajstić information content (AvgIpc) is 3.52. The number of amides is 1. The molecule has 0 spiro atoms. The van der Waals surface area contributed by atoms with Crippen LogP contribution < -0.4 is 10.6 Å². The van der Waals surface area contributed by atoms with Gasteiger partial charge >= 0.3 is 0 Å². The van der Waals surface area contributed by atoms with Gasteiger partial charge in [-0.3, -0.25) is 19.9 Å². The Kier molecular flexibility index (Phi) is 7.14. The second kappa shape index (κ2) is 10.8. The molecular formula is C28H26N6O3S. The van der Waals surface area contributed by atoms with Crippen molar-refractivity contribution in [2.75, 3.05) is 11.9 Å². The number of carbonyl (C=O) groups is 1. The molecule has 1 fully saturated rings. The van der Waals surface area contributed by atoms with Gasteiger partial charge < -0.3 is 20.1 Å². The second-order valence-electron chi connectivity index (χ2n) is 9.07. The Labute approximate surface area is 225 Å². The lowest BCUT2D eigenvalue weighted by Gasteiger charge is -2.28. The third-order valence-corrected chi connectivity index (χ3v) is 6.83. The fourth-order valence-electron chi connectivity index (χ4n) is 4.76. The van der Waals surface area contributed by atoms with Crippen molar-refractivity contribution < 1.29 is 9.72 Å². The first-order valence-corrected chi connectivity index (χ1v) is 12.6. The molecule has 0 bridgehead atoms. The highest BCUT2D eigenvalue weighted by molar-refractivity contribution is 7.80. The summed E-state index contributed by atoms with van der Waals surface area (Å²) < 4.78 is 1.92. The summed E-state index contributed by atoms with van der Waals surface area (Å²) in [7, 11) is 0. The van der Waals surface area contributed by atoms with Crippen LogP contribution in [0.3, 0.4) is 0 Å². The molecule has 1 aliphatic rings. The van der Waals surface area contributed by atoms with E-state index in [0.29, 0.717) is 17.3 Å². The highest BCUT2D eigenvalue weighted by atomic mass is 32.1. The molecule has 1 aliphatic heterocycles. The molecule has 5 rings (SSSR count). The van der Waals surface area contributed by atoms with Crippen LogP contribution in [0.15, 0.2) is 91.3 Å². The number of carbonyl (C=O) groups excluding carboxylic acids is 1. The van der Waals surface area contributed by atoms with Gasteiger partial charge in [-0.15, -0.1) is 0 Å². The molecule has 3 heterocycles. The highest BCUT2D eigenvalue weighted by Crippen LogP contribution is 2.39. The van der Waals surface area contributed by atoms with Crippen molar-refractivity contribution in [3.8, 4) is 5.69 Å². The van der Waals surface area contributed by atoms with Gasteiger partial charge in [-0.25, -0.2) is 0 Å². The van der Waals surface area contributed by atoms with E-state index in [9.17, 15) is 14.9 Å². The number of anilines is 1. The van der Waals surface area contributed by atoms with Crippen LogP contribution in [0.2, 0.25) is 0 Å². The number of rotatable bonds is 8. The quantitative estimate of drug-likeness (QED) is 0.187. The summed E-state index contributed by atoms with van der Waals surface area (Å²) in [4.78, 5) is 30.4. The van der Waals surface area contributed by atoms with E-state index in [-0.39, 0.29) is 30.1 Å². The summed E-state index contributed by atoms with van der Waals surface area (Å²) >= 11 is 5.74. The van der Waals surface area contributed by atoms with E-state index in [4.69, 9.17) is 12.2 Å². The number of benzene rings is 2. The maximum Gasteiger partial charge on any atom is 0.271 e. The van der Waals surface area contributed by atoms with Crippen LogP contribution in [0.4, 0.5) is 11.4 Å². The van der Waals surface area contributed by atoms with Gasteiger partial charge in [0, 0.05) is 48.9 Å². The minimum Gasteiger partial charge on any atom is -0.352 e. The standard InChI is InChI=1S/C28H26N6O3S/c1-19-7-4-8-20(17-19)30-25(35)13-16-33-27(26(31-28(33)38)23-11-2-3-14-29-23)24-12-6-15-32(24)21-9-5-10-22(18-21)34(36)37/h2-12,14-15,17-18,26-27H,13,16H2,1H3,(H,30,35)(H,31,38). The number of hydrogen-bond acceptors (Lipinski definition) is 5. The van der Waals surface area contributed by atoms with Crippen molar-refractivity contribution >= 4 is 34.6 Å². The summed E-state index contributed by atoms with van der Waals surface area (Å²) in [5, 5.41) is 18.3. The van der Waals surface area contributed by atoms with E-state index < -0.39 is 4.92 Å². The molecule has 0 saturated carbocycles. The summed E-state index contributed by atoms with van der Waals surface area (Å²) in [6, 6.07) is 23.1. The Bertz CT molecular complexity index is 1490. The molecule has 1 amide bonds. The number of aryl methyl sites for hydroxylation is 1. The Morgan fingerprint density at radius 3 is 2.71 bits per heavy atom. The zero-order chi connectivity index (χ0) is 26.6. The Balaban J connectivity index is 1.46. The monoisotopic (exact) mass is 526 g/mol. The van der Waals surface area contributed by atoms with Crippen molar-refractivity contribution in [2.24, 2.45) is 0 Å². The van der Waals surface area contributed by atoms with Gasteiger partial charge in [0.15, 0.2) is 5.11 Å². The Morgan fingerprint density at radius 2 is 1.95 bits per heavy atom. The number of aromatic nitrogens is 2. The molecule has 1 saturated heterocycles. The zero-order valence-electron chi connectivity index (χ0n) is 20.7. The number of thiocarbonyl (C=S) groups is 1. The molecule has 4 aromatic rings. The summed E-state index contributed by atoms with van der Waals surface area (Å²) in [6.45, 7) is 2.35. The molecule has 0 aliphatic carbocycles. The number of hydrogen-bond donors (Lipinski definition) is 2. The van der Waals surface area contributed by atoms with Crippen LogP contribution in [0.5, 0.6) is 0 Å². The minimum absolute atomic E-state index is 0.00756. The topological polar surface area (TPSA) is 105 Å². The van der Waals surface area contributed by atoms with Crippen LogP contribution >= 0.6 is 12.2 Å². The Hall–Kier alpha value is -4.57. The largest absolute Gasteiger partial charge is 0.352 e. The smallest absolute Gasteiger partial charge is 0.271 e. The summed E-state index contributed by atoms with van der Waals surface area (Å²) in [5.41, 5.74) is 4.15. The van der Waals surface area contributed by atoms with Gasteiger partial charge in [-0.05, 0) is 67.2 Å². The van der Waals surface area contributed by atoms with E-state index in [1.54, 1.807) is 18.3 Å². The number of pyridine rings is 1. The number of nitrogens with one attached hydrogen (secondary N) is 2. The van der Waals surface area contributed by atoms with Crippen molar-refractivity contribution in [3.63, 3.8) is 0 Å². The molecule has 2 N–H and O–H groups in total. The molecule has 2 aromatic carbocycles. The lowest BCUT2D eigenvalue weighted by Crippen LogP contribution is -2.33. The number of nitrogens with zero attached hydrogens (tertiary/aromatic N) is 4. The zero-order valence-corrected chi connectivity index (χ0v) is 21.5. The van der Waals surface area contributed by atoms with Crippen molar-refractivity contribution in [1.82, 2.24) is 19.8 Å². The van der Waals surface area contributed by atoms with Gasteiger partial charge in [0.1, 0.15) is 0 Å². The van der Waals surface area contributed by atoms with Gasteiger partial charge in [0.2, 0.25) is 5.91 Å². The average molecular weight is 527 g/mol. The van der Waals surface area contributed by atoms with Gasteiger partial charge in [-0.1, -0.05) is 24.3 Å². The predicted octanol–water partition coefficient (Wildman–Crippen LogP) is 5.09. The van der Waals surface area contributed by atoms with E-state index in [1.807, 2.05) is 83.3 Å². The lowest BCUT2D eigenvalue weighted by atomic mass is 10.0. The molecule has 0 radical (unpaired) electrons. The number of nitro groups is 1. The molecule has 2 unspecified atom stereocenters. The predicted molar refractivity (Wildman–Crippen MR) is 149 cm³/mol. The lowest BCUT2D eigenvalue weighted by molar-refractivity contribution is -0.384. The molecular weight excluding hydrogens is 500 g/mol. The van der Waals surface area contributed by atoms with E-state index in [2.05, 4.69) is 15.6 Å². The first-order chi connectivity index (χ1) is 18.4. The Morgan fingerprint density at radius 1 is 1.11 bits per heavy atom. The molecule has 38 heavy (non-hydrogen) atoms. The molecule has 10 heteroatoms. The first kappa shape index (κ1) is 25.1. The van der Waals surface area contributed by atoms with E-state index in [1.165, 1.54) is 6.07 Å². The first-order valence-electron chi connectivity index (χ1n) is 12.2. The highest BCUT2D eigenvalue weighted by Gasteiger charge is 2.41. The fraction of sp³-hybridized carbons (Fsp3) is 0.179. The van der Waals surface area contributed by atoms with Gasteiger partial charge in [0.25, 0.3) is 5.69 Å². The number of non-ortho nitro benzene ring substituents is 1. The SMILES string of the molecule is Cc1cccc(NC(=O)CCN2C(=S)NC(c3ccccn3)C2c2cccn2-c2cccc([N+](=O)[O-])c2)c1. The number of nitro benzene ring substituents is 1.